The fourth-order valence-corrected chi connectivity index (χ4v) is 6.87. The predicted molar refractivity (Wildman–Crippen MR) is 113 cm³/mol. The molecule has 4 nitrogen and oxygen atoms in total. The summed E-state index contributed by atoms with van der Waals surface area (Å²) in [5.74, 6) is 0.344. The molecule has 0 aromatic heterocycles. The molecule has 0 unspecified atom stereocenters. The summed E-state index contributed by atoms with van der Waals surface area (Å²) in [6.07, 6.45) is 0. The number of hydrogen-bond acceptors (Lipinski definition) is 5. The lowest BCUT2D eigenvalue weighted by atomic mass is 10.1. The highest BCUT2D eigenvalue weighted by atomic mass is 79.9. The van der Waals surface area contributed by atoms with Gasteiger partial charge in [-0.05, 0) is 36.2 Å². The largest absolute Gasteiger partial charge is 0.312 e. The van der Waals surface area contributed by atoms with E-state index in [2.05, 4.69) is 40.0 Å². The van der Waals surface area contributed by atoms with Gasteiger partial charge in [0.15, 0.2) is 15.0 Å². The van der Waals surface area contributed by atoms with E-state index in [4.69, 9.17) is 0 Å². The number of rotatable bonds is 3. The Morgan fingerprint density at radius 1 is 1.26 bits per heavy atom. The number of amidine groups is 1. The Kier molecular flexibility index (Phi) is 5.07. The van der Waals surface area contributed by atoms with Crippen LogP contribution in [0.5, 0.6) is 0 Å². The molecule has 0 bridgehead atoms. The van der Waals surface area contributed by atoms with Crippen LogP contribution in [0.15, 0.2) is 51.9 Å². The fourth-order valence-electron chi connectivity index (χ4n) is 3.51. The highest BCUT2D eigenvalue weighted by molar-refractivity contribution is 9.10. The van der Waals surface area contributed by atoms with Crippen molar-refractivity contribution in [3.05, 3.63) is 63.9 Å². The van der Waals surface area contributed by atoms with Crippen molar-refractivity contribution in [3.63, 3.8) is 0 Å². The van der Waals surface area contributed by atoms with E-state index < -0.39 is 15.7 Å². The molecule has 2 aliphatic heterocycles. The number of hydrogen-bond donors (Lipinski definition) is 0. The number of benzene rings is 2. The van der Waals surface area contributed by atoms with Gasteiger partial charge in [-0.25, -0.2) is 12.8 Å². The topological polar surface area (TPSA) is 49.7 Å². The van der Waals surface area contributed by atoms with Crippen molar-refractivity contribution >= 4 is 48.4 Å². The van der Waals surface area contributed by atoms with Crippen LogP contribution in [-0.4, -0.2) is 37.2 Å². The van der Waals surface area contributed by atoms with Crippen molar-refractivity contribution in [2.24, 2.45) is 4.99 Å². The van der Waals surface area contributed by atoms with Crippen LogP contribution in [0.4, 0.5) is 10.1 Å². The molecule has 2 heterocycles. The summed E-state index contributed by atoms with van der Waals surface area (Å²) >= 11 is 4.80. The zero-order valence-electron chi connectivity index (χ0n) is 14.6. The Bertz CT molecular complexity index is 1030. The monoisotopic (exact) mass is 468 g/mol. The molecular formula is C19H18BrFN2O2S2. The number of aliphatic imine (C=N–C) groups is 1. The number of halogens is 2. The van der Waals surface area contributed by atoms with Crippen molar-refractivity contribution in [3.8, 4) is 0 Å². The Balaban J connectivity index is 1.66. The van der Waals surface area contributed by atoms with Gasteiger partial charge in [0.2, 0.25) is 0 Å². The average molecular weight is 469 g/mol. The third kappa shape index (κ3) is 3.79. The van der Waals surface area contributed by atoms with E-state index >= 15 is 0 Å². The van der Waals surface area contributed by atoms with Crippen molar-refractivity contribution in [1.82, 2.24) is 0 Å². The van der Waals surface area contributed by atoms with Gasteiger partial charge in [-0.1, -0.05) is 52.0 Å². The highest BCUT2D eigenvalue weighted by Crippen LogP contribution is 2.37. The lowest BCUT2D eigenvalue weighted by Crippen LogP contribution is -2.39. The number of sulfone groups is 1. The number of thioether (sulfide) groups is 1. The summed E-state index contributed by atoms with van der Waals surface area (Å²) < 4.78 is 39.5. The summed E-state index contributed by atoms with van der Waals surface area (Å²) in [6.45, 7) is 2.06. The van der Waals surface area contributed by atoms with Crippen LogP contribution in [0.25, 0.3) is 0 Å². The third-order valence-corrected chi connectivity index (χ3v) is 8.10. The van der Waals surface area contributed by atoms with Crippen molar-refractivity contribution < 1.29 is 12.8 Å². The molecule has 4 rings (SSSR count). The maximum absolute atomic E-state index is 14.7. The molecule has 0 spiro atoms. The first-order chi connectivity index (χ1) is 12.8. The van der Waals surface area contributed by atoms with Gasteiger partial charge in [-0.15, -0.1) is 0 Å². The fraction of sp³-hybridized carbons (Fsp3) is 0.316. The van der Waals surface area contributed by atoms with E-state index in [1.807, 2.05) is 12.1 Å². The summed E-state index contributed by atoms with van der Waals surface area (Å²) in [6, 6.07) is 12.3. The van der Waals surface area contributed by atoms with E-state index in [-0.39, 0.29) is 23.6 Å². The Labute approximate surface area is 170 Å². The molecule has 0 radical (unpaired) electrons. The summed E-state index contributed by atoms with van der Waals surface area (Å²) in [5.41, 5.74) is 2.75. The second-order valence-corrected chi connectivity index (χ2v) is 10.8. The molecule has 0 saturated carbocycles. The first-order valence-corrected chi connectivity index (χ1v) is 12.1. The van der Waals surface area contributed by atoms with E-state index in [9.17, 15) is 12.8 Å². The number of anilines is 1. The van der Waals surface area contributed by atoms with Gasteiger partial charge in [0, 0.05) is 10.2 Å². The smallest absolute Gasteiger partial charge is 0.164 e. The molecule has 1 saturated heterocycles. The number of nitrogens with zero attached hydrogens (tertiary/aromatic N) is 2. The van der Waals surface area contributed by atoms with Crippen molar-refractivity contribution in [2.45, 2.75) is 24.8 Å². The summed E-state index contributed by atoms with van der Waals surface area (Å²) in [4.78, 5) is 6.44. The second-order valence-electron chi connectivity index (χ2n) is 6.80. The van der Waals surface area contributed by atoms with Crippen molar-refractivity contribution in [1.29, 1.82) is 0 Å². The van der Waals surface area contributed by atoms with E-state index in [1.165, 1.54) is 29.0 Å². The van der Waals surface area contributed by atoms with E-state index in [1.54, 1.807) is 17.0 Å². The minimum Gasteiger partial charge on any atom is -0.312 e. The molecule has 142 valence electrons. The van der Waals surface area contributed by atoms with Crippen LogP contribution in [0.2, 0.25) is 0 Å². The van der Waals surface area contributed by atoms with Crippen molar-refractivity contribution in [2.75, 3.05) is 16.4 Å². The molecule has 0 aliphatic carbocycles. The molecule has 0 N–H and O–H groups in total. The standard InChI is InChI=1S/C19H18BrFN2O2S2/c1-12-4-2-3-5-13(12)9-26-19-22-16-10-27(24,25)11-18(16)23(19)17-7-6-14(20)8-15(17)21/h2-8,16,18H,9-11H2,1H3/t16-,18-/m0/s1. The minimum absolute atomic E-state index is 0.00505. The van der Waals surface area contributed by atoms with Crippen LogP contribution in [0.1, 0.15) is 11.1 Å². The normalized spacial score (nSPS) is 23.4. The van der Waals surface area contributed by atoms with Gasteiger partial charge in [-0.2, -0.15) is 0 Å². The van der Waals surface area contributed by atoms with Crippen LogP contribution >= 0.6 is 27.7 Å². The maximum atomic E-state index is 14.7. The SMILES string of the molecule is Cc1ccccc1CSC1=N[C@H]2CS(=O)(=O)C[C@@H]2N1c1ccc(Br)cc1F. The van der Waals surface area contributed by atoms with E-state index in [0.717, 1.165) is 0 Å². The zero-order valence-corrected chi connectivity index (χ0v) is 17.8. The van der Waals surface area contributed by atoms with Gasteiger partial charge in [0.05, 0.1) is 29.3 Å². The Morgan fingerprint density at radius 3 is 2.78 bits per heavy atom. The molecule has 2 aromatic rings. The maximum Gasteiger partial charge on any atom is 0.164 e. The van der Waals surface area contributed by atoms with Gasteiger partial charge >= 0.3 is 0 Å². The molecule has 2 aromatic carbocycles. The van der Waals surface area contributed by atoms with Crippen LogP contribution < -0.4 is 4.90 Å². The first kappa shape index (κ1) is 19.0. The minimum atomic E-state index is -3.15. The second kappa shape index (κ2) is 7.22. The zero-order chi connectivity index (χ0) is 19.2. The molecule has 2 atom stereocenters. The molecule has 2 aliphatic rings. The van der Waals surface area contributed by atoms with Crippen LogP contribution in [0, 0.1) is 12.7 Å². The average Bonchev–Trinajstić information content (AvgIpc) is 3.06. The lowest BCUT2D eigenvalue weighted by molar-refractivity contribution is 0.600. The molecule has 8 heteroatoms. The molecule has 0 amide bonds. The summed E-state index contributed by atoms with van der Waals surface area (Å²) in [5, 5.41) is 0.685. The van der Waals surface area contributed by atoms with Gasteiger partial charge in [0.1, 0.15) is 5.82 Å². The molecule has 1 fully saturated rings. The van der Waals surface area contributed by atoms with Crippen LogP contribution in [0.3, 0.4) is 0 Å². The van der Waals surface area contributed by atoms with Gasteiger partial charge < -0.3 is 4.90 Å². The Hall–Kier alpha value is -1.38. The third-order valence-electron chi connectivity index (χ3n) is 4.89. The first-order valence-electron chi connectivity index (χ1n) is 8.54. The molecule has 27 heavy (non-hydrogen) atoms. The van der Waals surface area contributed by atoms with Gasteiger partial charge in [-0.3, -0.25) is 4.99 Å². The highest BCUT2D eigenvalue weighted by Gasteiger charge is 2.47. The predicted octanol–water partition coefficient (Wildman–Crippen LogP) is 4.17. The quantitative estimate of drug-likeness (QED) is 0.677. The number of fused-ring (bicyclic) bond motifs is 1. The Morgan fingerprint density at radius 2 is 2.04 bits per heavy atom. The molecular weight excluding hydrogens is 451 g/mol. The summed E-state index contributed by atoms with van der Waals surface area (Å²) in [7, 11) is -3.15. The van der Waals surface area contributed by atoms with E-state index in [0.29, 0.717) is 21.1 Å². The van der Waals surface area contributed by atoms with Crippen LogP contribution in [-0.2, 0) is 15.6 Å². The van der Waals surface area contributed by atoms with Gasteiger partial charge in [0.25, 0.3) is 0 Å². The number of aryl methyl sites for hydroxylation is 1. The lowest BCUT2D eigenvalue weighted by Gasteiger charge is -2.27.